The molecule has 1 atom stereocenters. The Kier molecular flexibility index (Phi) is 4.50. The molecule has 1 amide bonds. The average molecular weight is 315 g/mol. The predicted molar refractivity (Wildman–Crippen MR) is 85.9 cm³/mol. The number of nitrogens with zero attached hydrogens (tertiary/aromatic N) is 2. The van der Waals surface area contributed by atoms with Gasteiger partial charge in [-0.25, -0.2) is 0 Å². The van der Waals surface area contributed by atoms with Crippen LogP contribution in [0.25, 0.3) is 0 Å². The fourth-order valence-electron chi connectivity index (χ4n) is 2.39. The molecule has 1 aromatic carbocycles. The molecule has 0 saturated heterocycles. The summed E-state index contributed by atoms with van der Waals surface area (Å²) in [5.41, 5.74) is 0.574. The van der Waals surface area contributed by atoms with E-state index in [1.807, 2.05) is 38.1 Å². The van der Waals surface area contributed by atoms with Crippen molar-refractivity contribution >= 4 is 5.91 Å². The van der Waals surface area contributed by atoms with Gasteiger partial charge in [-0.1, -0.05) is 12.1 Å². The third kappa shape index (κ3) is 3.64. The van der Waals surface area contributed by atoms with Crippen molar-refractivity contribution < 1.29 is 14.3 Å². The summed E-state index contributed by atoms with van der Waals surface area (Å²) in [6.07, 6.45) is 3.99. The summed E-state index contributed by atoms with van der Waals surface area (Å²) >= 11 is 0. The first-order chi connectivity index (χ1) is 11.1. The molecule has 0 saturated carbocycles. The molecule has 1 unspecified atom stereocenters. The van der Waals surface area contributed by atoms with Gasteiger partial charge in [0.25, 0.3) is 5.91 Å². The summed E-state index contributed by atoms with van der Waals surface area (Å²) in [5.74, 6) is 1.41. The number of rotatable bonds is 5. The number of benzene rings is 1. The number of amides is 1. The van der Waals surface area contributed by atoms with Gasteiger partial charge in [0.05, 0.1) is 11.8 Å². The summed E-state index contributed by atoms with van der Waals surface area (Å²) in [7, 11) is 0. The van der Waals surface area contributed by atoms with E-state index in [2.05, 4.69) is 10.4 Å². The Morgan fingerprint density at radius 1 is 1.39 bits per heavy atom. The van der Waals surface area contributed by atoms with Gasteiger partial charge >= 0.3 is 0 Å². The quantitative estimate of drug-likeness (QED) is 0.920. The molecule has 2 aromatic rings. The number of para-hydroxylation sites is 2. The van der Waals surface area contributed by atoms with E-state index in [9.17, 15) is 4.79 Å². The SMILES string of the molecule is CC(C)n1cc(C(=O)NCCC2COc3ccccc3O2)cn1. The second-order valence-corrected chi connectivity index (χ2v) is 5.84. The van der Waals surface area contributed by atoms with Crippen molar-refractivity contribution in [2.75, 3.05) is 13.2 Å². The van der Waals surface area contributed by atoms with Gasteiger partial charge < -0.3 is 14.8 Å². The summed E-state index contributed by atoms with van der Waals surface area (Å²) < 4.78 is 13.3. The monoisotopic (exact) mass is 315 g/mol. The summed E-state index contributed by atoms with van der Waals surface area (Å²) in [6, 6.07) is 7.85. The molecule has 122 valence electrons. The molecule has 0 aliphatic carbocycles. The zero-order valence-corrected chi connectivity index (χ0v) is 13.4. The fourth-order valence-corrected chi connectivity index (χ4v) is 2.39. The van der Waals surface area contributed by atoms with Crippen LogP contribution in [0.3, 0.4) is 0 Å². The van der Waals surface area contributed by atoms with Crippen LogP contribution in [-0.2, 0) is 0 Å². The van der Waals surface area contributed by atoms with Crippen molar-refractivity contribution in [1.82, 2.24) is 15.1 Å². The molecular formula is C17H21N3O3. The van der Waals surface area contributed by atoms with E-state index in [1.54, 1.807) is 17.1 Å². The Morgan fingerprint density at radius 3 is 2.91 bits per heavy atom. The summed E-state index contributed by atoms with van der Waals surface area (Å²) in [5, 5.41) is 7.07. The van der Waals surface area contributed by atoms with Gasteiger partial charge in [-0.05, 0) is 26.0 Å². The molecule has 6 heteroatoms. The lowest BCUT2D eigenvalue weighted by Crippen LogP contribution is -2.34. The van der Waals surface area contributed by atoms with Gasteiger partial charge in [0, 0.05) is 25.2 Å². The lowest BCUT2D eigenvalue weighted by molar-refractivity contribution is 0.0813. The van der Waals surface area contributed by atoms with E-state index in [4.69, 9.17) is 9.47 Å². The number of fused-ring (bicyclic) bond motifs is 1. The molecule has 0 radical (unpaired) electrons. The lowest BCUT2D eigenvalue weighted by Gasteiger charge is -2.26. The van der Waals surface area contributed by atoms with Crippen molar-refractivity contribution in [1.29, 1.82) is 0 Å². The number of ether oxygens (including phenoxy) is 2. The van der Waals surface area contributed by atoms with Gasteiger partial charge in [0.15, 0.2) is 11.5 Å². The smallest absolute Gasteiger partial charge is 0.254 e. The van der Waals surface area contributed by atoms with Crippen LogP contribution in [-0.4, -0.2) is 34.9 Å². The van der Waals surface area contributed by atoms with E-state index in [1.165, 1.54) is 0 Å². The number of hydrogen-bond acceptors (Lipinski definition) is 4. The highest BCUT2D eigenvalue weighted by Gasteiger charge is 2.20. The highest BCUT2D eigenvalue weighted by Crippen LogP contribution is 2.31. The molecule has 1 aliphatic rings. The zero-order chi connectivity index (χ0) is 16.2. The average Bonchev–Trinajstić information content (AvgIpc) is 3.05. The number of carbonyl (C=O) groups is 1. The molecule has 6 nitrogen and oxygen atoms in total. The maximum absolute atomic E-state index is 12.1. The third-order valence-electron chi connectivity index (χ3n) is 3.71. The minimum atomic E-state index is -0.117. The minimum absolute atomic E-state index is 0.0522. The Hall–Kier alpha value is -2.50. The van der Waals surface area contributed by atoms with E-state index in [-0.39, 0.29) is 18.1 Å². The first kappa shape index (κ1) is 15.4. The first-order valence-corrected chi connectivity index (χ1v) is 7.84. The van der Waals surface area contributed by atoms with Crippen LogP contribution in [0, 0.1) is 0 Å². The van der Waals surface area contributed by atoms with Crippen molar-refractivity contribution in [3.63, 3.8) is 0 Å². The Bertz CT molecular complexity index is 681. The lowest BCUT2D eigenvalue weighted by atomic mass is 10.2. The zero-order valence-electron chi connectivity index (χ0n) is 13.4. The van der Waals surface area contributed by atoms with Crippen molar-refractivity contribution in [2.45, 2.75) is 32.4 Å². The topological polar surface area (TPSA) is 65.4 Å². The minimum Gasteiger partial charge on any atom is -0.486 e. The maximum Gasteiger partial charge on any atom is 0.254 e. The molecule has 1 aromatic heterocycles. The number of nitrogens with one attached hydrogen (secondary N) is 1. The number of carbonyl (C=O) groups excluding carboxylic acids is 1. The van der Waals surface area contributed by atoms with Crippen LogP contribution in [0.4, 0.5) is 0 Å². The standard InChI is InChI=1S/C17H21N3O3/c1-12(2)20-10-13(9-19-20)17(21)18-8-7-14-11-22-15-5-3-4-6-16(15)23-14/h3-6,9-10,12,14H,7-8,11H2,1-2H3,(H,18,21). The van der Waals surface area contributed by atoms with Crippen LogP contribution >= 0.6 is 0 Å². The summed E-state index contributed by atoms with van der Waals surface area (Å²) in [4.78, 5) is 12.1. The molecule has 2 heterocycles. The van der Waals surface area contributed by atoms with Gasteiger partial charge in [-0.2, -0.15) is 5.10 Å². The molecule has 0 spiro atoms. The predicted octanol–water partition coefficient (Wildman–Crippen LogP) is 2.42. The van der Waals surface area contributed by atoms with Crippen LogP contribution in [0.15, 0.2) is 36.7 Å². The Morgan fingerprint density at radius 2 is 2.17 bits per heavy atom. The third-order valence-corrected chi connectivity index (χ3v) is 3.71. The Balaban J connectivity index is 1.47. The molecule has 0 bridgehead atoms. The van der Waals surface area contributed by atoms with E-state index < -0.39 is 0 Å². The normalized spacial score (nSPS) is 16.4. The second-order valence-electron chi connectivity index (χ2n) is 5.84. The van der Waals surface area contributed by atoms with Crippen LogP contribution in [0.5, 0.6) is 11.5 Å². The van der Waals surface area contributed by atoms with Crippen LogP contribution < -0.4 is 14.8 Å². The van der Waals surface area contributed by atoms with Gasteiger partial charge in [-0.15, -0.1) is 0 Å². The van der Waals surface area contributed by atoms with E-state index in [0.717, 1.165) is 11.5 Å². The molecule has 23 heavy (non-hydrogen) atoms. The van der Waals surface area contributed by atoms with Gasteiger partial charge in [0.1, 0.15) is 12.7 Å². The molecule has 1 N–H and O–H groups in total. The van der Waals surface area contributed by atoms with Crippen molar-refractivity contribution in [2.24, 2.45) is 0 Å². The Labute approximate surface area is 135 Å². The number of hydrogen-bond donors (Lipinski definition) is 1. The van der Waals surface area contributed by atoms with E-state index in [0.29, 0.717) is 25.1 Å². The van der Waals surface area contributed by atoms with Crippen molar-refractivity contribution in [3.8, 4) is 11.5 Å². The highest BCUT2D eigenvalue weighted by atomic mass is 16.6. The molecular weight excluding hydrogens is 294 g/mol. The molecule has 3 rings (SSSR count). The van der Waals surface area contributed by atoms with Crippen LogP contribution in [0.2, 0.25) is 0 Å². The maximum atomic E-state index is 12.1. The molecule has 0 fully saturated rings. The van der Waals surface area contributed by atoms with Crippen LogP contribution in [0.1, 0.15) is 36.7 Å². The number of aromatic nitrogens is 2. The van der Waals surface area contributed by atoms with Crippen molar-refractivity contribution in [3.05, 3.63) is 42.2 Å². The second kappa shape index (κ2) is 6.73. The largest absolute Gasteiger partial charge is 0.486 e. The summed E-state index contributed by atoms with van der Waals surface area (Å²) in [6.45, 7) is 5.07. The fraction of sp³-hybridized carbons (Fsp3) is 0.412. The first-order valence-electron chi connectivity index (χ1n) is 7.84. The molecule has 1 aliphatic heterocycles. The van der Waals surface area contributed by atoms with Gasteiger partial charge in [0.2, 0.25) is 0 Å². The van der Waals surface area contributed by atoms with E-state index >= 15 is 0 Å². The van der Waals surface area contributed by atoms with Gasteiger partial charge in [-0.3, -0.25) is 9.48 Å². The highest BCUT2D eigenvalue weighted by molar-refractivity contribution is 5.93.